The third-order valence-electron chi connectivity index (χ3n) is 5.19. The molecule has 0 saturated heterocycles. The molecule has 0 unspecified atom stereocenters. The number of hydrogen-bond acceptors (Lipinski definition) is 5. The first-order chi connectivity index (χ1) is 16.3. The number of rotatable bonds is 4. The van der Waals surface area contributed by atoms with Gasteiger partial charge in [0.1, 0.15) is 5.76 Å². The topological polar surface area (TPSA) is 81.2 Å². The number of pyridine rings is 1. The Morgan fingerprint density at radius 3 is 2.56 bits per heavy atom. The quantitative estimate of drug-likeness (QED) is 0.320. The fourth-order valence-electron chi connectivity index (χ4n) is 3.48. The molecule has 0 atom stereocenters. The van der Waals surface area contributed by atoms with E-state index in [1.165, 1.54) is 24.3 Å². The standard InChI is InChI=1S/C25H16F3N3O3/c1-14-12-16(24-31-22-20(34-24)6-3-11-29-22)7-8-18(14)30-23(32)21-10-9-19(33-21)15-4-2-5-17(13-15)25(26,27)28/h2-13H,1H3,(H,30,32). The molecule has 3 heterocycles. The van der Waals surface area contributed by atoms with E-state index in [4.69, 9.17) is 8.83 Å². The van der Waals surface area contributed by atoms with Gasteiger partial charge in [-0.05, 0) is 67.1 Å². The minimum absolute atomic E-state index is 0.0269. The van der Waals surface area contributed by atoms with Crippen molar-refractivity contribution in [2.75, 3.05) is 5.32 Å². The van der Waals surface area contributed by atoms with E-state index < -0.39 is 17.6 Å². The molecule has 170 valence electrons. The summed E-state index contributed by atoms with van der Waals surface area (Å²) in [5.41, 5.74) is 2.52. The first kappa shape index (κ1) is 21.4. The molecule has 0 saturated carbocycles. The first-order valence-corrected chi connectivity index (χ1v) is 10.2. The number of halogens is 3. The number of hydrogen-bond donors (Lipinski definition) is 1. The van der Waals surface area contributed by atoms with Gasteiger partial charge in [-0.25, -0.2) is 4.98 Å². The SMILES string of the molecule is Cc1cc(-c2nc3ncccc3o2)ccc1NC(=O)c1ccc(-c2cccc(C(F)(F)F)c2)o1. The molecular weight excluding hydrogens is 447 g/mol. The van der Waals surface area contributed by atoms with Crippen LogP contribution in [0, 0.1) is 6.92 Å². The Morgan fingerprint density at radius 1 is 0.941 bits per heavy atom. The summed E-state index contributed by atoms with van der Waals surface area (Å²) in [4.78, 5) is 21.2. The van der Waals surface area contributed by atoms with Crippen molar-refractivity contribution in [3.63, 3.8) is 0 Å². The lowest BCUT2D eigenvalue weighted by Gasteiger charge is -2.08. The summed E-state index contributed by atoms with van der Waals surface area (Å²) in [7, 11) is 0. The molecule has 0 aliphatic carbocycles. The molecule has 0 fully saturated rings. The Balaban J connectivity index is 1.34. The maximum atomic E-state index is 13.0. The number of amides is 1. The molecule has 1 amide bonds. The number of anilines is 1. The van der Waals surface area contributed by atoms with Gasteiger partial charge < -0.3 is 14.2 Å². The monoisotopic (exact) mass is 463 g/mol. The predicted molar refractivity (Wildman–Crippen MR) is 119 cm³/mol. The summed E-state index contributed by atoms with van der Waals surface area (Å²) in [6, 6.07) is 16.4. The zero-order valence-corrected chi connectivity index (χ0v) is 17.7. The van der Waals surface area contributed by atoms with Crippen LogP contribution in [-0.2, 0) is 6.18 Å². The third-order valence-corrected chi connectivity index (χ3v) is 5.19. The number of nitrogens with one attached hydrogen (secondary N) is 1. The second-order valence-electron chi connectivity index (χ2n) is 7.57. The minimum Gasteiger partial charge on any atom is -0.451 e. The van der Waals surface area contributed by atoms with Gasteiger partial charge >= 0.3 is 6.18 Å². The van der Waals surface area contributed by atoms with E-state index in [0.717, 1.165) is 23.3 Å². The number of nitrogens with zero attached hydrogens (tertiary/aromatic N) is 2. The van der Waals surface area contributed by atoms with Crippen molar-refractivity contribution in [1.29, 1.82) is 0 Å². The second-order valence-corrected chi connectivity index (χ2v) is 7.57. The fourth-order valence-corrected chi connectivity index (χ4v) is 3.48. The summed E-state index contributed by atoms with van der Waals surface area (Å²) in [6.45, 7) is 1.82. The molecule has 0 spiro atoms. The van der Waals surface area contributed by atoms with Crippen LogP contribution in [0.25, 0.3) is 34.0 Å². The van der Waals surface area contributed by atoms with Crippen molar-refractivity contribution in [2.45, 2.75) is 13.1 Å². The molecule has 2 aromatic carbocycles. The van der Waals surface area contributed by atoms with E-state index in [0.29, 0.717) is 22.8 Å². The second kappa shape index (κ2) is 8.18. The van der Waals surface area contributed by atoms with E-state index in [9.17, 15) is 18.0 Å². The Hall–Kier alpha value is -4.40. The third kappa shape index (κ3) is 4.15. The van der Waals surface area contributed by atoms with Crippen LogP contribution in [-0.4, -0.2) is 15.9 Å². The molecule has 34 heavy (non-hydrogen) atoms. The van der Waals surface area contributed by atoms with Crippen LogP contribution in [0.3, 0.4) is 0 Å². The van der Waals surface area contributed by atoms with Gasteiger partial charge in [0.25, 0.3) is 5.91 Å². The summed E-state index contributed by atoms with van der Waals surface area (Å²) in [5.74, 6) is 0.0142. The van der Waals surface area contributed by atoms with Crippen molar-refractivity contribution in [2.24, 2.45) is 0 Å². The number of fused-ring (bicyclic) bond motifs is 1. The van der Waals surface area contributed by atoms with Crippen LogP contribution in [0.4, 0.5) is 18.9 Å². The lowest BCUT2D eigenvalue weighted by Crippen LogP contribution is -2.11. The zero-order valence-electron chi connectivity index (χ0n) is 17.7. The highest BCUT2D eigenvalue weighted by molar-refractivity contribution is 6.03. The average molecular weight is 463 g/mol. The van der Waals surface area contributed by atoms with Gasteiger partial charge in [-0.3, -0.25) is 4.79 Å². The van der Waals surface area contributed by atoms with Gasteiger partial charge in [-0.15, -0.1) is 0 Å². The highest BCUT2D eigenvalue weighted by Gasteiger charge is 2.30. The van der Waals surface area contributed by atoms with Crippen molar-refractivity contribution in [3.05, 3.63) is 89.8 Å². The van der Waals surface area contributed by atoms with Crippen LogP contribution in [0.5, 0.6) is 0 Å². The summed E-state index contributed by atoms with van der Waals surface area (Å²) >= 11 is 0. The molecular formula is C25H16F3N3O3. The van der Waals surface area contributed by atoms with Gasteiger partial charge in [0.2, 0.25) is 5.89 Å². The fraction of sp³-hybridized carbons (Fsp3) is 0.0800. The number of oxazole rings is 1. The number of furan rings is 1. The van der Waals surface area contributed by atoms with E-state index in [1.807, 2.05) is 13.0 Å². The summed E-state index contributed by atoms with van der Waals surface area (Å²) in [6.07, 6.45) is -2.84. The number of benzene rings is 2. The Morgan fingerprint density at radius 2 is 1.79 bits per heavy atom. The van der Waals surface area contributed by atoms with Crippen LogP contribution in [0.1, 0.15) is 21.7 Å². The Bertz CT molecular complexity index is 1490. The van der Waals surface area contributed by atoms with Crippen LogP contribution < -0.4 is 5.32 Å². The number of carbonyl (C=O) groups excluding carboxylic acids is 1. The van der Waals surface area contributed by atoms with Gasteiger partial charge in [0.15, 0.2) is 17.0 Å². The minimum atomic E-state index is -4.47. The molecule has 0 aliphatic heterocycles. The maximum absolute atomic E-state index is 13.0. The normalized spacial score (nSPS) is 11.6. The first-order valence-electron chi connectivity index (χ1n) is 10.2. The molecule has 3 aromatic heterocycles. The van der Waals surface area contributed by atoms with E-state index in [2.05, 4.69) is 15.3 Å². The van der Waals surface area contributed by atoms with Crippen molar-refractivity contribution in [1.82, 2.24) is 9.97 Å². The molecule has 0 radical (unpaired) electrons. The number of aryl methyl sites for hydroxylation is 1. The molecule has 0 aliphatic rings. The highest BCUT2D eigenvalue weighted by Crippen LogP contribution is 2.33. The molecule has 6 nitrogen and oxygen atoms in total. The summed E-state index contributed by atoms with van der Waals surface area (Å²) in [5, 5.41) is 2.76. The van der Waals surface area contributed by atoms with Crippen LogP contribution in [0.15, 0.2) is 81.8 Å². The van der Waals surface area contributed by atoms with E-state index >= 15 is 0 Å². The van der Waals surface area contributed by atoms with Crippen LogP contribution >= 0.6 is 0 Å². The van der Waals surface area contributed by atoms with Crippen molar-refractivity contribution >= 4 is 22.8 Å². The number of aromatic nitrogens is 2. The molecule has 0 bridgehead atoms. The van der Waals surface area contributed by atoms with Gasteiger partial charge in [0.05, 0.1) is 5.56 Å². The van der Waals surface area contributed by atoms with E-state index in [-0.39, 0.29) is 17.1 Å². The highest BCUT2D eigenvalue weighted by atomic mass is 19.4. The summed E-state index contributed by atoms with van der Waals surface area (Å²) < 4.78 is 50.2. The maximum Gasteiger partial charge on any atom is 0.416 e. The zero-order chi connectivity index (χ0) is 23.9. The van der Waals surface area contributed by atoms with Crippen LogP contribution in [0.2, 0.25) is 0 Å². The van der Waals surface area contributed by atoms with Gasteiger partial charge in [-0.2, -0.15) is 18.2 Å². The van der Waals surface area contributed by atoms with Gasteiger partial charge in [0, 0.05) is 23.0 Å². The molecule has 5 rings (SSSR count). The average Bonchev–Trinajstić information content (AvgIpc) is 3.47. The Labute approximate surface area is 191 Å². The lowest BCUT2D eigenvalue weighted by atomic mass is 10.1. The van der Waals surface area contributed by atoms with Gasteiger partial charge in [-0.1, -0.05) is 12.1 Å². The lowest BCUT2D eigenvalue weighted by molar-refractivity contribution is -0.137. The predicted octanol–water partition coefficient (Wildman–Crippen LogP) is 6.73. The van der Waals surface area contributed by atoms with Crippen molar-refractivity contribution < 1.29 is 26.8 Å². The smallest absolute Gasteiger partial charge is 0.416 e. The van der Waals surface area contributed by atoms with Crippen molar-refractivity contribution in [3.8, 4) is 22.8 Å². The Kier molecular flexibility index (Phi) is 5.16. The molecule has 9 heteroatoms. The molecule has 1 N–H and O–H groups in total. The number of alkyl halides is 3. The number of carbonyl (C=O) groups is 1. The largest absolute Gasteiger partial charge is 0.451 e. The van der Waals surface area contributed by atoms with E-state index in [1.54, 1.807) is 30.5 Å². The molecule has 5 aromatic rings.